The molecule has 1 fully saturated rings. The molecule has 3 nitrogen and oxygen atoms in total. The standard InChI is InChI=1S/C72H76BN3S/c1-67(2,3)46-31-35-57(53(39-46)45-23-16-15-17-24-45)74-60-41-48(69(7,8)9)29-33-55(60)73-56-34-30-49(70(10,11)12)42-61(56)75(59-27-22-26-52-51-25-18-19-28-64(51)77-66(52)59)63-44-50(43-62(74)65(63)73)76-58-36-32-47(68(4,5)6)40-54(58)71(13)37-20-21-38-72(71,76)14/h15-19,22-36,39-44H,20-21,37-38H2,1-14H3. The summed E-state index contributed by atoms with van der Waals surface area (Å²) in [4.78, 5) is 8.28. The molecule has 0 amide bonds. The predicted octanol–water partition coefficient (Wildman–Crippen LogP) is 18.7. The van der Waals surface area contributed by atoms with Crippen LogP contribution < -0.4 is 31.1 Å². The Kier molecular flexibility index (Phi) is 11.0. The average molecular weight is 1030 g/mol. The fraction of sp³-hybridized carbons (Fsp3) is 0.333. The van der Waals surface area contributed by atoms with Gasteiger partial charge in [-0.1, -0.05) is 206 Å². The first-order valence-corrected chi connectivity index (χ1v) is 29.4. The highest BCUT2D eigenvalue weighted by molar-refractivity contribution is 7.26. The summed E-state index contributed by atoms with van der Waals surface area (Å²) >= 11 is 1.93. The Morgan fingerprint density at radius 2 is 0.961 bits per heavy atom. The van der Waals surface area contributed by atoms with Crippen LogP contribution in [0.1, 0.15) is 150 Å². The van der Waals surface area contributed by atoms with Gasteiger partial charge in [-0.3, -0.25) is 0 Å². The molecule has 0 saturated heterocycles. The lowest BCUT2D eigenvalue weighted by Gasteiger charge is -2.51. The second kappa shape index (κ2) is 17.0. The van der Waals surface area contributed by atoms with Crippen molar-refractivity contribution in [3.05, 3.63) is 186 Å². The molecule has 0 spiro atoms. The molecule has 1 saturated carbocycles. The van der Waals surface area contributed by atoms with E-state index in [9.17, 15) is 0 Å². The second-order valence-electron chi connectivity index (χ2n) is 27.8. The zero-order chi connectivity index (χ0) is 53.9. The third-order valence-corrected chi connectivity index (χ3v) is 20.0. The summed E-state index contributed by atoms with van der Waals surface area (Å²) in [5.41, 5.74) is 23.1. The summed E-state index contributed by atoms with van der Waals surface area (Å²) in [5, 5.41) is 2.63. The molecule has 0 bridgehead atoms. The van der Waals surface area contributed by atoms with Crippen LogP contribution in [-0.2, 0) is 27.1 Å². The monoisotopic (exact) mass is 1030 g/mol. The first kappa shape index (κ1) is 50.0. The quantitative estimate of drug-likeness (QED) is 0.163. The topological polar surface area (TPSA) is 9.72 Å². The Morgan fingerprint density at radius 3 is 1.58 bits per heavy atom. The zero-order valence-corrected chi connectivity index (χ0v) is 49.0. The first-order chi connectivity index (χ1) is 36.5. The van der Waals surface area contributed by atoms with Crippen LogP contribution in [-0.4, -0.2) is 12.3 Å². The van der Waals surface area contributed by atoms with E-state index in [2.05, 4.69) is 269 Å². The van der Waals surface area contributed by atoms with Crippen molar-refractivity contribution in [2.45, 2.75) is 155 Å². The van der Waals surface area contributed by atoms with E-state index in [1.54, 1.807) is 0 Å². The molecule has 13 rings (SSSR count). The van der Waals surface area contributed by atoms with Gasteiger partial charge in [0.05, 0.1) is 21.6 Å². The average Bonchev–Trinajstić information content (AvgIpc) is 3.84. The Bertz CT molecular complexity index is 3870. The van der Waals surface area contributed by atoms with E-state index in [-0.39, 0.29) is 39.3 Å². The second-order valence-corrected chi connectivity index (χ2v) is 28.8. The number of hydrogen-bond acceptors (Lipinski definition) is 4. The van der Waals surface area contributed by atoms with Crippen molar-refractivity contribution in [3.8, 4) is 11.1 Å². The van der Waals surface area contributed by atoms with E-state index >= 15 is 0 Å². The van der Waals surface area contributed by atoms with Gasteiger partial charge in [-0.25, -0.2) is 0 Å². The van der Waals surface area contributed by atoms with E-state index in [0.29, 0.717) is 0 Å². The van der Waals surface area contributed by atoms with Crippen LogP contribution in [0.4, 0.5) is 45.5 Å². The van der Waals surface area contributed by atoms with Gasteiger partial charge in [-0.05, 0) is 146 Å². The Balaban J connectivity index is 1.20. The fourth-order valence-corrected chi connectivity index (χ4v) is 15.3. The summed E-state index contributed by atoms with van der Waals surface area (Å²) in [6.07, 6.45) is 4.73. The minimum Gasteiger partial charge on any atom is -0.334 e. The largest absolute Gasteiger partial charge is 0.334 e. The molecular formula is C72H76BN3S. The highest BCUT2D eigenvalue weighted by atomic mass is 32.1. The summed E-state index contributed by atoms with van der Waals surface area (Å²) in [6, 6.07) is 62.4. The van der Waals surface area contributed by atoms with E-state index in [1.165, 1.54) is 140 Å². The van der Waals surface area contributed by atoms with E-state index < -0.39 is 0 Å². The Hall–Kier alpha value is -6.56. The maximum Gasteiger partial charge on any atom is 0.252 e. The highest BCUT2D eigenvalue weighted by Gasteiger charge is 2.58. The van der Waals surface area contributed by atoms with Crippen molar-refractivity contribution in [1.82, 2.24) is 0 Å². The van der Waals surface area contributed by atoms with Crippen molar-refractivity contribution in [3.63, 3.8) is 0 Å². The molecule has 1 aliphatic carbocycles. The normalized spacial score (nSPS) is 19.1. The minimum absolute atomic E-state index is 0.0269. The number of anilines is 8. The maximum absolute atomic E-state index is 2.85. The molecule has 3 aliphatic heterocycles. The van der Waals surface area contributed by atoms with Crippen molar-refractivity contribution < 1.29 is 0 Å². The van der Waals surface area contributed by atoms with Crippen LogP contribution in [0.15, 0.2) is 158 Å². The Labute approximate surface area is 464 Å². The third-order valence-electron chi connectivity index (χ3n) is 18.8. The van der Waals surface area contributed by atoms with Crippen molar-refractivity contribution in [2.24, 2.45) is 0 Å². The molecular weight excluding hydrogens is 950 g/mol. The highest BCUT2D eigenvalue weighted by Crippen LogP contribution is 2.63. The summed E-state index contributed by atoms with van der Waals surface area (Å²) in [7, 11) is 0. The number of hydrogen-bond donors (Lipinski definition) is 0. The number of benzene rings is 8. The van der Waals surface area contributed by atoms with E-state index in [1.807, 2.05) is 11.3 Å². The van der Waals surface area contributed by atoms with Crippen molar-refractivity contribution >= 4 is 100 Å². The van der Waals surface area contributed by atoms with Gasteiger partial charge in [0.1, 0.15) is 0 Å². The van der Waals surface area contributed by atoms with Crippen LogP contribution in [0.5, 0.6) is 0 Å². The SMILES string of the molecule is CC(C)(C)c1ccc(N2c3cc(C(C)(C)C)ccc3B3c4ccc(C(C)(C)C)cc4N(c4cccc5c4sc4ccccc45)c4cc(N5c6ccc(C(C)(C)C)cc6C6(C)CCCCC56C)cc2c43)c(-c2ccccc2)c1. The molecule has 2 unspecified atom stereocenters. The molecule has 0 N–H and O–H groups in total. The molecule has 5 heteroatoms. The van der Waals surface area contributed by atoms with Gasteiger partial charge >= 0.3 is 0 Å². The van der Waals surface area contributed by atoms with Crippen LogP contribution in [0.3, 0.4) is 0 Å². The number of rotatable bonds is 4. The summed E-state index contributed by atoms with van der Waals surface area (Å²) in [6.45, 7) is 33.6. The third kappa shape index (κ3) is 7.56. The maximum atomic E-state index is 2.85. The van der Waals surface area contributed by atoms with Crippen molar-refractivity contribution in [2.75, 3.05) is 14.7 Å². The molecule has 8 aromatic carbocycles. The molecule has 388 valence electrons. The summed E-state index contributed by atoms with van der Waals surface area (Å²) < 4.78 is 2.64. The lowest BCUT2D eigenvalue weighted by molar-refractivity contribution is 0.195. The molecule has 4 aliphatic rings. The number of nitrogens with zero attached hydrogens (tertiary/aromatic N) is 3. The van der Waals surface area contributed by atoms with Gasteiger partial charge < -0.3 is 14.7 Å². The molecule has 0 radical (unpaired) electrons. The smallest absolute Gasteiger partial charge is 0.252 e. The van der Waals surface area contributed by atoms with E-state index in [0.717, 1.165) is 6.42 Å². The van der Waals surface area contributed by atoms with E-state index in [4.69, 9.17) is 0 Å². The van der Waals surface area contributed by atoms with Gasteiger partial charge in [0, 0.05) is 60.6 Å². The Morgan fingerprint density at radius 1 is 0.442 bits per heavy atom. The first-order valence-electron chi connectivity index (χ1n) is 28.6. The van der Waals surface area contributed by atoms with Crippen LogP contribution in [0.2, 0.25) is 0 Å². The molecule has 4 heterocycles. The van der Waals surface area contributed by atoms with Gasteiger partial charge in [-0.15, -0.1) is 11.3 Å². The summed E-state index contributed by atoms with van der Waals surface area (Å²) in [5.74, 6) is 0. The predicted molar refractivity (Wildman–Crippen MR) is 336 cm³/mol. The minimum atomic E-state index is -0.174. The van der Waals surface area contributed by atoms with Crippen LogP contribution in [0.25, 0.3) is 31.3 Å². The number of thiophene rings is 1. The molecule has 77 heavy (non-hydrogen) atoms. The lowest BCUT2D eigenvalue weighted by atomic mass is 9.33. The molecule has 9 aromatic rings. The number of fused-ring (bicyclic) bond motifs is 10. The molecule has 1 aromatic heterocycles. The lowest BCUT2D eigenvalue weighted by Crippen LogP contribution is -2.61. The van der Waals surface area contributed by atoms with Gasteiger partial charge in [-0.2, -0.15) is 0 Å². The zero-order valence-electron chi connectivity index (χ0n) is 48.2. The van der Waals surface area contributed by atoms with Gasteiger partial charge in [0.25, 0.3) is 6.71 Å². The van der Waals surface area contributed by atoms with Crippen LogP contribution in [0, 0.1) is 0 Å². The fourth-order valence-electron chi connectivity index (χ4n) is 14.1. The molecule has 2 atom stereocenters. The van der Waals surface area contributed by atoms with Gasteiger partial charge in [0.15, 0.2) is 0 Å². The van der Waals surface area contributed by atoms with Crippen molar-refractivity contribution in [1.29, 1.82) is 0 Å². The van der Waals surface area contributed by atoms with Gasteiger partial charge in [0.2, 0.25) is 0 Å². The van der Waals surface area contributed by atoms with Crippen LogP contribution >= 0.6 is 11.3 Å².